The minimum Gasteiger partial charge on any atom is -0.480 e. The van der Waals surface area contributed by atoms with Crippen molar-refractivity contribution in [1.82, 2.24) is 10.2 Å². The van der Waals surface area contributed by atoms with E-state index in [4.69, 9.17) is 5.11 Å². The van der Waals surface area contributed by atoms with Crippen LogP contribution in [-0.4, -0.2) is 48.2 Å². The molecule has 88 valence electrons. The van der Waals surface area contributed by atoms with Gasteiger partial charge in [-0.2, -0.15) is 0 Å². The van der Waals surface area contributed by atoms with E-state index >= 15 is 0 Å². The lowest BCUT2D eigenvalue weighted by Gasteiger charge is -2.33. The van der Waals surface area contributed by atoms with Crippen LogP contribution in [0, 0.1) is 5.41 Å². The van der Waals surface area contributed by atoms with Crippen LogP contribution < -0.4 is 5.32 Å². The molecule has 1 fully saturated rings. The van der Waals surface area contributed by atoms with Crippen LogP contribution in [0.4, 0.5) is 0 Å². The van der Waals surface area contributed by atoms with E-state index in [-0.39, 0.29) is 0 Å². The van der Waals surface area contributed by atoms with Crippen LogP contribution >= 0.6 is 0 Å². The Bertz CT molecular complexity index is 223. The van der Waals surface area contributed by atoms with Gasteiger partial charge in [0.05, 0.1) is 0 Å². The maximum Gasteiger partial charge on any atom is 0.322 e. The van der Waals surface area contributed by atoms with Crippen molar-refractivity contribution in [2.75, 3.05) is 26.2 Å². The number of carbonyl (C=O) groups is 1. The van der Waals surface area contributed by atoms with Gasteiger partial charge >= 0.3 is 5.97 Å². The van der Waals surface area contributed by atoms with E-state index in [1.165, 1.54) is 0 Å². The van der Waals surface area contributed by atoms with Crippen LogP contribution in [0.3, 0.4) is 0 Å². The Morgan fingerprint density at radius 3 is 2.73 bits per heavy atom. The second-order valence-electron chi connectivity index (χ2n) is 5.46. The second kappa shape index (κ2) is 4.94. The van der Waals surface area contributed by atoms with Gasteiger partial charge in [-0.05, 0) is 18.4 Å². The number of nitrogens with one attached hydrogen (secondary N) is 1. The molecule has 0 amide bonds. The van der Waals surface area contributed by atoms with Crippen molar-refractivity contribution < 1.29 is 9.90 Å². The molecule has 1 aliphatic heterocycles. The Morgan fingerprint density at radius 2 is 2.20 bits per heavy atom. The molecule has 4 nitrogen and oxygen atoms in total. The monoisotopic (exact) mass is 214 g/mol. The SMILES string of the molecule is CC(C)(C)CCN1CCNC(C(=O)O)C1. The third-order valence-electron chi connectivity index (χ3n) is 2.74. The number of carboxylic acids is 1. The van der Waals surface area contributed by atoms with Gasteiger partial charge in [-0.1, -0.05) is 20.8 Å². The summed E-state index contributed by atoms with van der Waals surface area (Å²) in [5, 5.41) is 11.9. The molecule has 0 aromatic heterocycles. The summed E-state index contributed by atoms with van der Waals surface area (Å²) in [6.07, 6.45) is 1.11. The Kier molecular flexibility index (Phi) is 4.11. The zero-order valence-electron chi connectivity index (χ0n) is 9.92. The zero-order valence-corrected chi connectivity index (χ0v) is 9.92. The molecule has 0 radical (unpaired) electrons. The Balaban J connectivity index is 2.34. The van der Waals surface area contributed by atoms with Crippen LogP contribution in [0.25, 0.3) is 0 Å². The van der Waals surface area contributed by atoms with Gasteiger partial charge in [0.1, 0.15) is 6.04 Å². The van der Waals surface area contributed by atoms with E-state index in [1.54, 1.807) is 0 Å². The minimum atomic E-state index is -0.740. The van der Waals surface area contributed by atoms with Crippen LogP contribution in [0.2, 0.25) is 0 Å². The fourth-order valence-electron chi connectivity index (χ4n) is 1.67. The molecule has 1 unspecified atom stereocenters. The number of hydrogen-bond acceptors (Lipinski definition) is 3. The summed E-state index contributed by atoms with van der Waals surface area (Å²) in [4.78, 5) is 13.0. The molecule has 1 aliphatic rings. The third kappa shape index (κ3) is 4.62. The first-order valence-corrected chi connectivity index (χ1v) is 5.57. The first kappa shape index (κ1) is 12.5. The smallest absolute Gasteiger partial charge is 0.322 e. The van der Waals surface area contributed by atoms with E-state index in [1.807, 2.05) is 0 Å². The quantitative estimate of drug-likeness (QED) is 0.729. The molecular formula is C11H22N2O2. The first-order chi connectivity index (χ1) is 6.88. The van der Waals surface area contributed by atoms with Crippen LogP contribution in [0.1, 0.15) is 27.2 Å². The van der Waals surface area contributed by atoms with Crippen molar-refractivity contribution in [2.24, 2.45) is 5.41 Å². The van der Waals surface area contributed by atoms with E-state index in [2.05, 4.69) is 31.0 Å². The number of piperazine rings is 1. The Hall–Kier alpha value is -0.610. The van der Waals surface area contributed by atoms with Gasteiger partial charge in [-0.3, -0.25) is 9.69 Å². The topological polar surface area (TPSA) is 52.6 Å². The molecule has 0 bridgehead atoms. The number of carboxylic acid groups (broad SMARTS) is 1. The predicted octanol–water partition coefficient (Wildman–Crippen LogP) is 0.781. The maximum atomic E-state index is 10.8. The highest BCUT2D eigenvalue weighted by atomic mass is 16.4. The second-order valence-corrected chi connectivity index (χ2v) is 5.46. The molecule has 1 atom stereocenters. The van der Waals surface area contributed by atoms with Gasteiger partial charge < -0.3 is 10.4 Å². The van der Waals surface area contributed by atoms with Crippen molar-refractivity contribution in [1.29, 1.82) is 0 Å². The highest BCUT2D eigenvalue weighted by Crippen LogP contribution is 2.19. The third-order valence-corrected chi connectivity index (χ3v) is 2.74. The van der Waals surface area contributed by atoms with E-state index < -0.39 is 12.0 Å². The molecule has 2 N–H and O–H groups in total. The molecule has 0 saturated carbocycles. The maximum absolute atomic E-state index is 10.8. The zero-order chi connectivity index (χ0) is 11.5. The predicted molar refractivity (Wildman–Crippen MR) is 59.9 cm³/mol. The molecule has 1 rings (SSSR count). The molecule has 15 heavy (non-hydrogen) atoms. The number of aliphatic carboxylic acids is 1. The molecule has 1 saturated heterocycles. The largest absolute Gasteiger partial charge is 0.480 e. The van der Waals surface area contributed by atoms with Gasteiger partial charge in [0.2, 0.25) is 0 Å². The summed E-state index contributed by atoms with van der Waals surface area (Å²) in [5.41, 5.74) is 0.323. The molecular weight excluding hydrogens is 192 g/mol. The molecule has 0 aliphatic carbocycles. The molecule has 0 spiro atoms. The van der Waals surface area contributed by atoms with Crippen molar-refractivity contribution in [2.45, 2.75) is 33.2 Å². The highest BCUT2D eigenvalue weighted by molar-refractivity contribution is 5.73. The van der Waals surface area contributed by atoms with Gasteiger partial charge in [0, 0.05) is 19.6 Å². The molecule has 4 heteroatoms. The van der Waals surface area contributed by atoms with Gasteiger partial charge in [-0.25, -0.2) is 0 Å². The van der Waals surface area contributed by atoms with Crippen LogP contribution in [-0.2, 0) is 4.79 Å². The van der Waals surface area contributed by atoms with Crippen molar-refractivity contribution in [3.05, 3.63) is 0 Å². The Labute approximate surface area is 91.6 Å². The lowest BCUT2D eigenvalue weighted by atomic mass is 9.92. The van der Waals surface area contributed by atoms with Crippen LogP contribution in [0.5, 0.6) is 0 Å². The number of rotatable bonds is 3. The van der Waals surface area contributed by atoms with Crippen molar-refractivity contribution in [3.8, 4) is 0 Å². The van der Waals surface area contributed by atoms with E-state index in [0.29, 0.717) is 12.0 Å². The van der Waals surface area contributed by atoms with Crippen LogP contribution in [0.15, 0.2) is 0 Å². The highest BCUT2D eigenvalue weighted by Gasteiger charge is 2.25. The molecule has 0 aromatic rings. The Morgan fingerprint density at radius 1 is 1.53 bits per heavy atom. The lowest BCUT2D eigenvalue weighted by molar-refractivity contribution is -0.140. The first-order valence-electron chi connectivity index (χ1n) is 5.57. The fourth-order valence-corrected chi connectivity index (χ4v) is 1.67. The number of hydrogen-bond donors (Lipinski definition) is 2. The average molecular weight is 214 g/mol. The standard InChI is InChI=1S/C11H22N2O2/c1-11(2,3)4-6-13-7-5-12-9(8-13)10(14)15/h9,12H,4-8H2,1-3H3,(H,14,15). The fraction of sp³-hybridized carbons (Fsp3) is 0.909. The molecule has 0 aromatic carbocycles. The molecule has 1 heterocycles. The summed E-state index contributed by atoms with van der Waals surface area (Å²) < 4.78 is 0. The van der Waals surface area contributed by atoms with Gasteiger partial charge in [-0.15, -0.1) is 0 Å². The van der Waals surface area contributed by atoms with Gasteiger partial charge in [0.15, 0.2) is 0 Å². The van der Waals surface area contributed by atoms with Gasteiger partial charge in [0.25, 0.3) is 0 Å². The summed E-state index contributed by atoms with van der Waals surface area (Å²) in [6.45, 7) is 10.00. The van der Waals surface area contributed by atoms with E-state index in [9.17, 15) is 4.79 Å². The lowest BCUT2D eigenvalue weighted by Crippen LogP contribution is -2.54. The van der Waals surface area contributed by atoms with Crippen molar-refractivity contribution >= 4 is 5.97 Å². The summed E-state index contributed by atoms with van der Waals surface area (Å²) >= 11 is 0. The van der Waals surface area contributed by atoms with Crippen molar-refractivity contribution in [3.63, 3.8) is 0 Å². The summed E-state index contributed by atoms with van der Waals surface area (Å²) in [7, 11) is 0. The summed E-state index contributed by atoms with van der Waals surface area (Å²) in [5.74, 6) is -0.740. The number of nitrogens with zero attached hydrogens (tertiary/aromatic N) is 1. The van der Waals surface area contributed by atoms with E-state index in [0.717, 1.165) is 26.1 Å². The summed E-state index contributed by atoms with van der Waals surface area (Å²) in [6, 6.07) is -0.390. The average Bonchev–Trinajstić information content (AvgIpc) is 2.14. The normalized spacial score (nSPS) is 24.1. The minimum absolute atomic E-state index is 0.323.